The minimum Gasteiger partial charge on any atom is -0.313 e. The third kappa shape index (κ3) is 6.13. The van der Waals surface area contributed by atoms with Gasteiger partial charge in [0.05, 0.1) is 10.6 Å². The first-order valence-electron chi connectivity index (χ1n) is 6.60. The molecule has 2 N–H and O–H groups in total. The minimum absolute atomic E-state index is 0.0354. The summed E-state index contributed by atoms with van der Waals surface area (Å²) in [5, 5.41) is 3.05. The van der Waals surface area contributed by atoms with Gasteiger partial charge in [-0.25, -0.2) is 21.6 Å². The van der Waals surface area contributed by atoms with Gasteiger partial charge in [-0.05, 0) is 38.1 Å². The molecule has 0 aliphatic heterocycles. The Morgan fingerprint density at radius 3 is 2.43 bits per heavy atom. The van der Waals surface area contributed by atoms with E-state index in [1.165, 1.54) is 6.07 Å². The van der Waals surface area contributed by atoms with Gasteiger partial charge in [-0.3, -0.25) is 0 Å². The molecule has 1 unspecified atom stereocenters. The summed E-state index contributed by atoms with van der Waals surface area (Å²) in [7, 11) is -4.88. The molecule has 0 saturated carbocycles. The van der Waals surface area contributed by atoms with Gasteiger partial charge in [0.15, 0.2) is 0 Å². The maximum atomic E-state index is 12.1. The van der Waals surface area contributed by atoms with Gasteiger partial charge < -0.3 is 5.32 Å². The standard InChI is InChI=1S/C13H22N2O4S2/c1-11(14-2)12-6-4-7-13(10-12)21(18,19)15-8-5-9-20(3,16)17/h4,6-7,10-11,14-15H,5,8-9H2,1-3H3. The molecule has 1 atom stereocenters. The Bertz CT molecular complexity index is 669. The summed E-state index contributed by atoms with van der Waals surface area (Å²) >= 11 is 0. The quantitative estimate of drug-likeness (QED) is 0.682. The predicted molar refractivity (Wildman–Crippen MR) is 83.4 cm³/mol. The number of sulfonamides is 1. The van der Waals surface area contributed by atoms with Crippen molar-refractivity contribution in [3.8, 4) is 0 Å². The third-order valence-corrected chi connectivity index (χ3v) is 5.57. The van der Waals surface area contributed by atoms with Crippen molar-refractivity contribution in [3.05, 3.63) is 29.8 Å². The molecule has 0 aliphatic rings. The molecule has 0 heterocycles. The van der Waals surface area contributed by atoms with Gasteiger partial charge in [0, 0.05) is 18.8 Å². The number of hydrogen-bond acceptors (Lipinski definition) is 5. The number of rotatable bonds is 8. The monoisotopic (exact) mass is 334 g/mol. The lowest BCUT2D eigenvalue weighted by Gasteiger charge is -2.12. The Morgan fingerprint density at radius 2 is 1.86 bits per heavy atom. The van der Waals surface area contributed by atoms with Crippen LogP contribution in [-0.4, -0.2) is 42.4 Å². The van der Waals surface area contributed by atoms with Crippen LogP contribution in [0.3, 0.4) is 0 Å². The van der Waals surface area contributed by atoms with E-state index in [0.717, 1.165) is 11.8 Å². The molecule has 0 saturated heterocycles. The van der Waals surface area contributed by atoms with Gasteiger partial charge >= 0.3 is 0 Å². The Morgan fingerprint density at radius 1 is 1.19 bits per heavy atom. The maximum Gasteiger partial charge on any atom is 0.240 e. The zero-order valence-electron chi connectivity index (χ0n) is 12.5. The molecular weight excluding hydrogens is 312 g/mol. The number of nitrogens with one attached hydrogen (secondary N) is 2. The van der Waals surface area contributed by atoms with Gasteiger partial charge in [0.1, 0.15) is 9.84 Å². The van der Waals surface area contributed by atoms with Crippen LogP contribution in [-0.2, 0) is 19.9 Å². The Balaban J connectivity index is 2.74. The minimum atomic E-state index is -3.61. The second kappa shape index (κ2) is 7.35. The molecule has 0 aromatic heterocycles. The first-order chi connectivity index (χ1) is 9.65. The maximum absolute atomic E-state index is 12.1. The summed E-state index contributed by atoms with van der Waals surface area (Å²) in [6, 6.07) is 6.72. The van der Waals surface area contributed by atoms with Crippen LogP contribution in [0, 0.1) is 0 Å². The zero-order valence-corrected chi connectivity index (χ0v) is 14.1. The van der Waals surface area contributed by atoms with E-state index in [1.807, 2.05) is 13.0 Å². The van der Waals surface area contributed by atoms with Crippen LogP contribution in [0.25, 0.3) is 0 Å². The Kier molecular flexibility index (Phi) is 6.33. The van der Waals surface area contributed by atoms with Crippen molar-refractivity contribution in [2.75, 3.05) is 25.6 Å². The van der Waals surface area contributed by atoms with Crippen molar-refractivity contribution >= 4 is 19.9 Å². The van der Waals surface area contributed by atoms with Crippen LogP contribution >= 0.6 is 0 Å². The highest BCUT2D eigenvalue weighted by molar-refractivity contribution is 7.90. The summed E-state index contributed by atoms with van der Waals surface area (Å²) in [5.41, 5.74) is 0.872. The Labute approximate surface area is 126 Å². The van der Waals surface area contributed by atoms with E-state index in [9.17, 15) is 16.8 Å². The fourth-order valence-electron chi connectivity index (χ4n) is 1.74. The summed E-state index contributed by atoms with van der Waals surface area (Å²) in [5.74, 6) is -0.0354. The number of sulfone groups is 1. The molecule has 1 aromatic rings. The smallest absolute Gasteiger partial charge is 0.240 e. The van der Waals surface area contributed by atoms with Crippen molar-refractivity contribution in [1.29, 1.82) is 0 Å². The van der Waals surface area contributed by atoms with Crippen molar-refractivity contribution in [2.45, 2.75) is 24.3 Å². The van der Waals surface area contributed by atoms with E-state index < -0.39 is 19.9 Å². The SMILES string of the molecule is CNC(C)c1cccc(S(=O)(=O)NCCCS(C)(=O)=O)c1. The molecule has 1 rings (SSSR count). The predicted octanol–water partition coefficient (Wildman–Crippen LogP) is 0.680. The van der Waals surface area contributed by atoms with Gasteiger partial charge in [0.2, 0.25) is 10.0 Å². The van der Waals surface area contributed by atoms with Crippen LogP contribution in [0.1, 0.15) is 24.9 Å². The van der Waals surface area contributed by atoms with E-state index in [4.69, 9.17) is 0 Å². The summed E-state index contributed by atoms with van der Waals surface area (Å²) in [6.07, 6.45) is 1.38. The molecule has 6 nitrogen and oxygen atoms in total. The highest BCUT2D eigenvalue weighted by Gasteiger charge is 2.15. The zero-order chi connectivity index (χ0) is 16.1. The van der Waals surface area contributed by atoms with E-state index in [0.29, 0.717) is 0 Å². The normalized spacial score (nSPS) is 14.0. The average molecular weight is 334 g/mol. The van der Waals surface area contributed by atoms with Crippen LogP contribution in [0.15, 0.2) is 29.2 Å². The summed E-state index contributed by atoms with van der Waals surface area (Å²) < 4.78 is 48.7. The van der Waals surface area contributed by atoms with E-state index in [1.54, 1.807) is 19.2 Å². The fraction of sp³-hybridized carbons (Fsp3) is 0.538. The molecule has 0 aliphatic carbocycles. The lowest BCUT2D eigenvalue weighted by atomic mass is 10.1. The molecule has 21 heavy (non-hydrogen) atoms. The topological polar surface area (TPSA) is 92.3 Å². The number of hydrogen-bond donors (Lipinski definition) is 2. The fourth-order valence-corrected chi connectivity index (χ4v) is 3.54. The van der Waals surface area contributed by atoms with Crippen molar-refractivity contribution in [3.63, 3.8) is 0 Å². The first-order valence-corrected chi connectivity index (χ1v) is 10.1. The van der Waals surface area contributed by atoms with Crippen LogP contribution in [0.2, 0.25) is 0 Å². The molecular formula is C13H22N2O4S2. The molecule has 0 spiro atoms. The average Bonchev–Trinajstić information content (AvgIpc) is 2.42. The molecule has 0 amide bonds. The molecule has 0 radical (unpaired) electrons. The van der Waals surface area contributed by atoms with Crippen molar-refractivity contribution < 1.29 is 16.8 Å². The molecule has 8 heteroatoms. The Hall–Kier alpha value is -0.960. The first kappa shape index (κ1) is 18.1. The summed E-state index contributed by atoms with van der Waals surface area (Å²) in [6.45, 7) is 2.03. The van der Waals surface area contributed by atoms with E-state index >= 15 is 0 Å². The van der Waals surface area contributed by atoms with E-state index in [-0.39, 0.29) is 29.7 Å². The third-order valence-electron chi connectivity index (χ3n) is 3.09. The molecule has 0 fully saturated rings. The largest absolute Gasteiger partial charge is 0.313 e. The second-order valence-corrected chi connectivity index (χ2v) is 8.99. The van der Waals surface area contributed by atoms with Crippen LogP contribution < -0.4 is 10.0 Å². The van der Waals surface area contributed by atoms with Gasteiger partial charge in [-0.2, -0.15) is 0 Å². The van der Waals surface area contributed by atoms with Crippen molar-refractivity contribution in [2.24, 2.45) is 0 Å². The van der Waals surface area contributed by atoms with Crippen LogP contribution in [0.5, 0.6) is 0 Å². The molecule has 1 aromatic carbocycles. The van der Waals surface area contributed by atoms with Crippen LogP contribution in [0.4, 0.5) is 0 Å². The van der Waals surface area contributed by atoms with Gasteiger partial charge in [-0.15, -0.1) is 0 Å². The lowest BCUT2D eigenvalue weighted by molar-refractivity contribution is 0.576. The highest BCUT2D eigenvalue weighted by atomic mass is 32.2. The second-order valence-electron chi connectivity index (χ2n) is 4.96. The molecule has 0 bridgehead atoms. The highest BCUT2D eigenvalue weighted by Crippen LogP contribution is 2.17. The lowest BCUT2D eigenvalue weighted by Crippen LogP contribution is -2.26. The van der Waals surface area contributed by atoms with Gasteiger partial charge in [0.25, 0.3) is 0 Å². The number of benzene rings is 1. The summed E-state index contributed by atoms with van der Waals surface area (Å²) in [4.78, 5) is 0.182. The van der Waals surface area contributed by atoms with Crippen molar-refractivity contribution in [1.82, 2.24) is 10.0 Å². The molecule has 120 valence electrons. The van der Waals surface area contributed by atoms with E-state index in [2.05, 4.69) is 10.0 Å². The van der Waals surface area contributed by atoms with Gasteiger partial charge in [-0.1, -0.05) is 12.1 Å².